The highest BCUT2D eigenvalue weighted by molar-refractivity contribution is 5.71. The molecule has 1 atom stereocenters. The Morgan fingerprint density at radius 2 is 0.506 bits per heavy atom. The van der Waals surface area contributed by atoms with Crippen LogP contribution in [0.25, 0.3) is 0 Å². The van der Waals surface area contributed by atoms with Crippen molar-refractivity contribution in [3.8, 4) is 0 Å². The van der Waals surface area contributed by atoms with Gasteiger partial charge in [0.1, 0.15) is 13.2 Å². The Morgan fingerprint density at radius 3 is 0.805 bits per heavy atom. The first kappa shape index (κ1) is 73.3. The molecule has 0 N–H and O–H groups in total. The molecule has 0 aromatic carbocycles. The highest BCUT2D eigenvalue weighted by atomic mass is 16.6. The molecular weight excluding hydrogens is 949 g/mol. The highest BCUT2D eigenvalue weighted by Crippen LogP contribution is 2.16. The van der Waals surface area contributed by atoms with Gasteiger partial charge in [-0.25, -0.2) is 0 Å². The van der Waals surface area contributed by atoms with Crippen LogP contribution in [0.3, 0.4) is 0 Å². The summed E-state index contributed by atoms with van der Waals surface area (Å²) in [6.45, 7) is 6.43. The van der Waals surface area contributed by atoms with Crippen LogP contribution in [0.5, 0.6) is 0 Å². The first-order valence-corrected chi connectivity index (χ1v) is 32.7. The predicted molar refractivity (Wildman–Crippen MR) is 334 cm³/mol. The van der Waals surface area contributed by atoms with Gasteiger partial charge in [-0.2, -0.15) is 0 Å². The number of carbonyl (C=O) groups excluding carboxylic acids is 3. The van der Waals surface area contributed by atoms with Crippen LogP contribution >= 0.6 is 0 Å². The molecule has 0 saturated carbocycles. The Morgan fingerprint density at radius 1 is 0.273 bits per heavy atom. The molecule has 0 radical (unpaired) electrons. The molecule has 0 heterocycles. The van der Waals surface area contributed by atoms with Gasteiger partial charge in [0.25, 0.3) is 0 Å². The Bertz CT molecular complexity index is 1510. The summed E-state index contributed by atoms with van der Waals surface area (Å²) in [5.41, 5.74) is 0. The van der Waals surface area contributed by atoms with Crippen molar-refractivity contribution in [1.82, 2.24) is 0 Å². The van der Waals surface area contributed by atoms with Crippen LogP contribution in [-0.2, 0) is 28.6 Å². The van der Waals surface area contributed by atoms with Crippen molar-refractivity contribution in [2.45, 2.75) is 322 Å². The molecule has 0 aliphatic heterocycles. The summed E-state index contributed by atoms with van der Waals surface area (Å²) in [5.74, 6) is -0.902. The fraction of sp³-hybridized carbons (Fsp3) is 0.732. The summed E-state index contributed by atoms with van der Waals surface area (Å²) in [5, 5.41) is 0. The molecule has 77 heavy (non-hydrogen) atoms. The van der Waals surface area contributed by atoms with Crippen molar-refractivity contribution in [1.29, 1.82) is 0 Å². The van der Waals surface area contributed by atoms with Gasteiger partial charge in [0.2, 0.25) is 0 Å². The van der Waals surface area contributed by atoms with E-state index in [9.17, 15) is 14.4 Å². The van der Waals surface area contributed by atoms with Crippen LogP contribution in [0.15, 0.2) is 97.2 Å². The minimum atomic E-state index is -0.792. The molecule has 6 heteroatoms. The SMILES string of the molecule is CC/C=C\C/C=C\C/C=C\C/C=C\CCCCCCCCCCC(=O)OC(COC(=O)CCCCCCC/C=C\C/C=C\C/C=C\CC)COC(=O)CCCCCCCCCCCCC/C=C\CCCCCCCCCC. The van der Waals surface area contributed by atoms with E-state index in [4.69, 9.17) is 14.2 Å². The molecule has 442 valence electrons. The minimum absolute atomic E-state index is 0.0861. The molecule has 0 spiro atoms. The van der Waals surface area contributed by atoms with Crippen molar-refractivity contribution in [2.24, 2.45) is 0 Å². The summed E-state index contributed by atoms with van der Waals surface area (Å²) < 4.78 is 16.9. The van der Waals surface area contributed by atoms with E-state index in [1.165, 1.54) is 148 Å². The number of esters is 3. The van der Waals surface area contributed by atoms with Crippen molar-refractivity contribution in [2.75, 3.05) is 13.2 Å². The van der Waals surface area contributed by atoms with Crippen LogP contribution in [-0.4, -0.2) is 37.2 Å². The summed E-state index contributed by atoms with van der Waals surface area (Å²) >= 11 is 0. The van der Waals surface area contributed by atoms with Gasteiger partial charge in [-0.3, -0.25) is 14.4 Å². The highest BCUT2D eigenvalue weighted by Gasteiger charge is 2.19. The van der Waals surface area contributed by atoms with E-state index in [2.05, 4.69) is 118 Å². The number of hydrogen-bond acceptors (Lipinski definition) is 6. The Kier molecular flexibility index (Phi) is 61.8. The van der Waals surface area contributed by atoms with E-state index < -0.39 is 6.10 Å². The Balaban J connectivity index is 4.37. The standard InChI is InChI=1S/C71H122O6/c1-4-7-10-13-16-19-22-25-28-30-32-34-35-37-38-40-43-46-49-52-55-58-61-64-70(73)76-67-68(66-75-69(72)63-60-57-54-51-48-45-42-27-24-21-18-15-12-9-6-3)77-71(74)65-62-59-56-53-50-47-44-41-39-36-33-31-29-26-23-20-17-14-11-8-5-2/h8-9,11-12,17-18,20-21,26-27,29-30,32-33,36,42,68H,4-7,10,13-16,19,22-25,28,31,34-35,37-41,43-67H2,1-3H3/b11-8-,12-9-,20-17-,21-18-,29-26-,32-30-,36-33-,42-27-. The first-order valence-electron chi connectivity index (χ1n) is 32.7. The van der Waals surface area contributed by atoms with Gasteiger partial charge in [0, 0.05) is 19.3 Å². The molecule has 0 aromatic rings. The normalized spacial score (nSPS) is 12.7. The number of hydrogen-bond donors (Lipinski definition) is 0. The van der Waals surface area contributed by atoms with Crippen LogP contribution < -0.4 is 0 Å². The maximum absolute atomic E-state index is 12.9. The molecule has 0 amide bonds. The van der Waals surface area contributed by atoms with Gasteiger partial charge in [-0.05, 0) is 116 Å². The number of unbranched alkanes of at least 4 members (excludes halogenated alkanes) is 32. The second-order valence-corrected chi connectivity index (χ2v) is 21.6. The van der Waals surface area contributed by atoms with Crippen LogP contribution in [0.1, 0.15) is 316 Å². The van der Waals surface area contributed by atoms with Gasteiger partial charge < -0.3 is 14.2 Å². The van der Waals surface area contributed by atoms with Crippen molar-refractivity contribution in [3.63, 3.8) is 0 Å². The van der Waals surface area contributed by atoms with E-state index in [-0.39, 0.29) is 31.1 Å². The lowest BCUT2D eigenvalue weighted by molar-refractivity contribution is -0.167. The maximum Gasteiger partial charge on any atom is 0.306 e. The summed E-state index contributed by atoms with van der Waals surface area (Å²) in [6.07, 6.45) is 87.0. The van der Waals surface area contributed by atoms with E-state index in [1.54, 1.807) is 0 Å². The third-order valence-electron chi connectivity index (χ3n) is 14.1. The van der Waals surface area contributed by atoms with Crippen molar-refractivity contribution in [3.05, 3.63) is 97.2 Å². The molecule has 0 fully saturated rings. The third kappa shape index (κ3) is 63.0. The van der Waals surface area contributed by atoms with E-state index in [0.29, 0.717) is 19.3 Å². The van der Waals surface area contributed by atoms with Crippen molar-refractivity contribution < 1.29 is 28.6 Å². The van der Waals surface area contributed by atoms with Gasteiger partial charge in [0.15, 0.2) is 6.10 Å². The predicted octanol–water partition coefficient (Wildman–Crippen LogP) is 22.4. The second-order valence-electron chi connectivity index (χ2n) is 21.6. The largest absolute Gasteiger partial charge is 0.462 e. The van der Waals surface area contributed by atoms with Crippen LogP contribution in [0, 0.1) is 0 Å². The molecule has 0 saturated heterocycles. The number of allylic oxidation sites excluding steroid dienone is 16. The molecule has 1 unspecified atom stereocenters. The van der Waals surface area contributed by atoms with Gasteiger partial charge in [-0.1, -0.05) is 279 Å². The van der Waals surface area contributed by atoms with Gasteiger partial charge in [-0.15, -0.1) is 0 Å². The van der Waals surface area contributed by atoms with Crippen LogP contribution in [0.2, 0.25) is 0 Å². The lowest BCUT2D eigenvalue weighted by atomic mass is 10.0. The number of carbonyl (C=O) groups is 3. The van der Waals surface area contributed by atoms with E-state index >= 15 is 0 Å². The zero-order valence-corrected chi connectivity index (χ0v) is 50.7. The minimum Gasteiger partial charge on any atom is -0.462 e. The molecule has 0 aromatic heterocycles. The van der Waals surface area contributed by atoms with Gasteiger partial charge in [0.05, 0.1) is 0 Å². The summed E-state index contributed by atoms with van der Waals surface area (Å²) in [4.78, 5) is 38.4. The quantitative estimate of drug-likeness (QED) is 0.0261. The number of ether oxygens (including phenoxy) is 3. The fourth-order valence-corrected chi connectivity index (χ4v) is 9.21. The smallest absolute Gasteiger partial charge is 0.306 e. The van der Waals surface area contributed by atoms with E-state index in [1.807, 2.05) is 0 Å². The average Bonchev–Trinajstić information content (AvgIpc) is 3.43. The van der Waals surface area contributed by atoms with Crippen molar-refractivity contribution >= 4 is 17.9 Å². The lowest BCUT2D eigenvalue weighted by Gasteiger charge is -2.18. The van der Waals surface area contributed by atoms with E-state index in [0.717, 1.165) is 128 Å². The van der Waals surface area contributed by atoms with Crippen LogP contribution in [0.4, 0.5) is 0 Å². The summed E-state index contributed by atoms with van der Waals surface area (Å²) in [6, 6.07) is 0. The topological polar surface area (TPSA) is 78.9 Å². The zero-order chi connectivity index (χ0) is 55.7. The zero-order valence-electron chi connectivity index (χ0n) is 50.7. The maximum atomic E-state index is 12.9. The fourth-order valence-electron chi connectivity index (χ4n) is 9.21. The second kappa shape index (κ2) is 64.9. The Labute approximate surface area is 477 Å². The third-order valence-corrected chi connectivity index (χ3v) is 14.1. The van der Waals surface area contributed by atoms with Gasteiger partial charge >= 0.3 is 17.9 Å². The first-order chi connectivity index (χ1) is 38.0. The molecule has 0 aliphatic carbocycles. The lowest BCUT2D eigenvalue weighted by Crippen LogP contribution is -2.30. The molecular formula is C71H122O6. The summed E-state index contributed by atoms with van der Waals surface area (Å²) in [7, 11) is 0. The molecule has 0 aliphatic rings. The molecule has 0 bridgehead atoms. The Hall–Kier alpha value is -3.67. The number of rotatable bonds is 59. The molecule has 0 rings (SSSR count). The molecule has 6 nitrogen and oxygen atoms in total. The monoisotopic (exact) mass is 1070 g/mol. The average molecular weight is 1070 g/mol.